The standard InChI is InChI=1S/C15H27NO13S/c1-2-3-25-15-11(21)13(10(20)7(5-18)27-15)28-14-8(16)12(29-30(22,23)24)9(19)6(4-17)26-14/h2,6-15,17-21H,1,3-5,16H2,(H,22,23,24)/t6-,7+,8-,9-,10-,11+,12-,13-,14+,15-/m1/s1. The number of hydrogen-bond donors (Lipinski definition) is 7. The Morgan fingerprint density at radius 1 is 0.967 bits per heavy atom. The summed E-state index contributed by atoms with van der Waals surface area (Å²) in [5.41, 5.74) is 5.85. The highest BCUT2D eigenvalue weighted by Gasteiger charge is 2.51. The molecule has 2 rings (SSSR count). The van der Waals surface area contributed by atoms with E-state index >= 15 is 0 Å². The average molecular weight is 461 g/mol. The van der Waals surface area contributed by atoms with Crippen molar-refractivity contribution >= 4 is 10.4 Å². The first-order valence-electron chi connectivity index (χ1n) is 8.90. The number of rotatable bonds is 9. The van der Waals surface area contributed by atoms with Crippen LogP contribution in [0.25, 0.3) is 0 Å². The Bertz CT molecular complexity index is 663. The van der Waals surface area contributed by atoms with E-state index in [-0.39, 0.29) is 6.61 Å². The SMILES string of the molecule is C=CCO[C@@H]1O[C@@H](CO)[C@@H](O)[C@@H](O[C@@H]2O[C@H](CO)[C@@H](O)[C@H](OS(=O)(=O)O)[C@H]2N)[C@@H]1O. The van der Waals surface area contributed by atoms with Gasteiger partial charge in [-0.15, -0.1) is 6.58 Å². The summed E-state index contributed by atoms with van der Waals surface area (Å²) in [6.45, 7) is 1.95. The van der Waals surface area contributed by atoms with Gasteiger partial charge in [-0.3, -0.25) is 4.55 Å². The van der Waals surface area contributed by atoms with E-state index in [1.54, 1.807) is 0 Å². The smallest absolute Gasteiger partial charge is 0.394 e. The highest BCUT2D eigenvalue weighted by molar-refractivity contribution is 7.80. The molecule has 0 aromatic carbocycles. The Labute approximate surface area is 172 Å². The lowest BCUT2D eigenvalue weighted by Crippen LogP contribution is -2.67. The molecule has 0 aliphatic carbocycles. The largest absolute Gasteiger partial charge is 0.397 e. The Hall–Kier alpha value is -0.790. The predicted molar refractivity (Wildman–Crippen MR) is 94.9 cm³/mol. The average Bonchev–Trinajstić information content (AvgIpc) is 2.68. The topological polar surface area (TPSA) is 228 Å². The molecule has 2 saturated heterocycles. The summed E-state index contributed by atoms with van der Waals surface area (Å²) in [4.78, 5) is 0. The summed E-state index contributed by atoms with van der Waals surface area (Å²) in [7, 11) is -5.05. The first kappa shape index (κ1) is 25.5. The summed E-state index contributed by atoms with van der Waals surface area (Å²) in [6.07, 6.45) is -12.5. The summed E-state index contributed by atoms with van der Waals surface area (Å²) in [6, 6.07) is -1.55. The molecule has 2 aliphatic rings. The molecule has 0 radical (unpaired) electrons. The molecule has 15 heteroatoms. The molecule has 2 aliphatic heterocycles. The van der Waals surface area contributed by atoms with Crippen LogP contribution >= 0.6 is 0 Å². The third-order valence-electron chi connectivity index (χ3n) is 4.62. The van der Waals surface area contributed by atoms with Gasteiger partial charge in [0.1, 0.15) is 42.7 Å². The summed E-state index contributed by atoms with van der Waals surface area (Å²) in [5.74, 6) is 0. The molecule has 2 heterocycles. The zero-order valence-corrected chi connectivity index (χ0v) is 16.5. The maximum atomic E-state index is 11.1. The number of hydrogen-bond acceptors (Lipinski definition) is 13. The van der Waals surface area contributed by atoms with E-state index in [1.165, 1.54) is 6.08 Å². The molecule has 0 amide bonds. The Morgan fingerprint density at radius 2 is 1.50 bits per heavy atom. The fraction of sp³-hybridized carbons (Fsp3) is 0.867. The van der Waals surface area contributed by atoms with Crippen molar-refractivity contribution in [2.24, 2.45) is 5.73 Å². The van der Waals surface area contributed by atoms with E-state index in [4.69, 9.17) is 29.2 Å². The highest BCUT2D eigenvalue weighted by atomic mass is 32.3. The Kier molecular flexibility index (Phi) is 9.07. The molecule has 2 fully saturated rings. The van der Waals surface area contributed by atoms with Crippen LogP contribution in [0.15, 0.2) is 12.7 Å². The normalized spacial score (nSPS) is 42.8. The van der Waals surface area contributed by atoms with Crippen molar-refractivity contribution < 1.29 is 61.6 Å². The monoisotopic (exact) mass is 461 g/mol. The van der Waals surface area contributed by atoms with Crippen molar-refractivity contribution in [3.63, 3.8) is 0 Å². The summed E-state index contributed by atoms with van der Waals surface area (Å²) >= 11 is 0. The maximum Gasteiger partial charge on any atom is 0.397 e. The lowest BCUT2D eigenvalue weighted by molar-refractivity contribution is -0.344. The van der Waals surface area contributed by atoms with Crippen molar-refractivity contribution in [1.82, 2.24) is 0 Å². The van der Waals surface area contributed by atoms with Crippen LogP contribution in [0.3, 0.4) is 0 Å². The molecule has 0 spiro atoms. The fourth-order valence-electron chi connectivity index (χ4n) is 3.14. The Morgan fingerprint density at radius 3 is 2.00 bits per heavy atom. The van der Waals surface area contributed by atoms with Gasteiger partial charge in [-0.05, 0) is 0 Å². The second-order valence-electron chi connectivity index (χ2n) is 6.71. The van der Waals surface area contributed by atoms with Crippen LogP contribution in [0.1, 0.15) is 0 Å². The fourth-order valence-corrected chi connectivity index (χ4v) is 3.67. The van der Waals surface area contributed by atoms with Gasteiger partial charge in [0, 0.05) is 0 Å². The van der Waals surface area contributed by atoms with Crippen LogP contribution in [0.4, 0.5) is 0 Å². The zero-order valence-electron chi connectivity index (χ0n) is 15.7. The van der Waals surface area contributed by atoms with Gasteiger partial charge in [0.2, 0.25) is 0 Å². The van der Waals surface area contributed by atoms with Crippen molar-refractivity contribution in [2.45, 2.75) is 61.3 Å². The lowest BCUT2D eigenvalue weighted by atomic mass is 9.96. The minimum absolute atomic E-state index is 0.0365. The van der Waals surface area contributed by atoms with E-state index in [1.807, 2.05) is 0 Å². The lowest BCUT2D eigenvalue weighted by Gasteiger charge is -2.46. The van der Waals surface area contributed by atoms with Crippen molar-refractivity contribution in [3.05, 3.63) is 12.7 Å². The number of aliphatic hydroxyl groups is 5. The molecule has 0 aromatic rings. The summed E-state index contributed by atoms with van der Waals surface area (Å²) < 4.78 is 56.8. The molecule has 8 N–H and O–H groups in total. The van der Waals surface area contributed by atoms with E-state index in [2.05, 4.69) is 10.8 Å². The van der Waals surface area contributed by atoms with Gasteiger partial charge < -0.3 is 50.2 Å². The van der Waals surface area contributed by atoms with Gasteiger partial charge in [0.05, 0.1) is 25.9 Å². The summed E-state index contributed by atoms with van der Waals surface area (Å²) in [5, 5.41) is 49.8. The van der Waals surface area contributed by atoms with E-state index in [9.17, 15) is 34.0 Å². The number of aliphatic hydroxyl groups excluding tert-OH is 5. The molecule has 30 heavy (non-hydrogen) atoms. The van der Waals surface area contributed by atoms with Crippen molar-refractivity contribution in [3.8, 4) is 0 Å². The molecule has 176 valence electrons. The molecular weight excluding hydrogens is 434 g/mol. The third-order valence-corrected chi connectivity index (χ3v) is 5.09. The van der Waals surface area contributed by atoms with E-state index in [0.29, 0.717) is 0 Å². The zero-order chi connectivity index (χ0) is 22.6. The van der Waals surface area contributed by atoms with Gasteiger partial charge in [-0.25, -0.2) is 4.18 Å². The van der Waals surface area contributed by atoms with Gasteiger partial charge in [0.25, 0.3) is 0 Å². The minimum atomic E-state index is -5.05. The molecule has 0 saturated carbocycles. The highest BCUT2D eigenvalue weighted by Crippen LogP contribution is 2.30. The molecule has 10 atom stereocenters. The van der Waals surface area contributed by atoms with Gasteiger partial charge in [-0.1, -0.05) is 6.08 Å². The first-order chi connectivity index (χ1) is 14.0. The predicted octanol–water partition coefficient (Wildman–Crippen LogP) is -4.39. The minimum Gasteiger partial charge on any atom is -0.394 e. The van der Waals surface area contributed by atoms with Crippen molar-refractivity contribution in [2.75, 3.05) is 19.8 Å². The molecular formula is C15H27NO13S. The van der Waals surface area contributed by atoms with Crippen LogP contribution < -0.4 is 5.73 Å². The number of ether oxygens (including phenoxy) is 4. The maximum absolute atomic E-state index is 11.1. The quantitative estimate of drug-likeness (QED) is 0.127. The van der Waals surface area contributed by atoms with Crippen molar-refractivity contribution in [1.29, 1.82) is 0 Å². The molecule has 14 nitrogen and oxygen atoms in total. The van der Waals surface area contributed by atoms with Crippen LogP contribution in [0.5, 0.6) is 0 Å². The molecule has 0 bridgehead atoms. The molecule has 0 unspecified atom stereocenters. The van der Waals surface area contributed by atoms with E-state index in [0.717, 1.165) is 0 Å². The van der Waals surface area contributed by atoms with Crippen LogP contribution in [-0.4, -0.2) is 120 Å². The third kappa shape index (κ3) is 5.92. The van der Waals surface area contributed by atoms with Crippen LogP contribution in [0, 0.1) is 0 Å². The number of nitrogens with two attached hydrogens (primary N) is 1. The van der Waals surface area contributed by atoms with E-state index < -0.39 is 85.0 Å². The van der Waals surface area contributed by atoms with Crippen LogP contribution in [0.2, 0.25) is 0 Å². The van der Waals surface area contributed by atoms with Crippen LogP contribution in [-0.2, 0) is 33.5 Å². The second kappa shape index (κ2) is 10.7. The second-order valence-corrected chi connectivity index (χ2v) is 7.76. The van der Waals surface area contributed by atoms with Gasteiger partial charge >= 0.3 is 10.4 Å². The first-order valence-corrected chi connectivity index (χ1v) is 10.3. The van der Waals surface area contributed by atoms with Gasteiger partial charge in [-0.2, -0.15) is 8.42 Å². The Balaban J connectivity index is 2.23. The molecule has 0 aromatic heterocycles. The van der Waals surface area contributed by atoms with Gasteiger partial charge in [0.15, 0.2) is 12.6 Å².